The fraction of sp³-hybridized carbons (Fsp3) is 1.00. The van der Waals surface area contributed by atoms with Crippen molar-refractivity contribution in [3.8, 4) is 0 Å². The molecule has 0 amide bonds. The first-order chi connectivity index (χ1) is 4.79. The van der Waals surface area contributed by atoms with Crippen LogP contribution in [0.2, 0.25) is 0 Å². The molecule has 0 aromatic rings. The van der Waals surface area contributed by atoms with E-state index in [9.17, 15) is 0 Å². The molecule has 10 heavy (non-hydrogen) atoms. The van der Waals surface area contributed by atoms with Gasteiger partial charge in [0.15, 0.2) is 0 Å². The highest BCUT2D eigenvalue weighted by molar-refractivity contribution is 4.71. The molecule has 1 fully saturated rings. The van der Waals surface area contributed by atoms with Gasteiger partial charge in [-0.1, -0.05) is 13.8 Å². The van der Waals surface area contributed by atoms with Gasteiger partial charge >= 0.3 is 0 Å². The summed E-state index contributed by atoms with van der Waals surface area (Å²) in [7, 11) is 0. The lowest BCUT2D eigenvalue weighted by Gasteiger charge is -2.04. The highest BCUT2D eigenvalue weighted by Gasteiger charge is 2.20. The Morgan fingerprint density at radius 1 is 1.60 bits per heavy atom. The van der Waals surface area contributed by atoms with E-state index >= 15 is 0 Å². The predicted molar refractivity (Wildman–Crippen MR) is 42.1 cm³/mol. The van der Waals surface area contributed by atoms with Crippen molar-refractivity contribution < 1.29 is 4.74 Å². The van der Waals surface area contributed by atoms with Crippen molar-refractivity contribution in [2.75, 3.05) is 19.7 Å². The van der Waals surface area contributed by atoms with Crippen LogP contribution >= 0.6 is 0 Å². The van der Waals surface area contributed by atoms with Gasteiger partial charge < -0.3 is 10.1 Å². The molecule has 0 spiro atoms. The topological polar surface area (TPSA) is 24.6 Å². The van der Waals surface area contributed by atoms with E-state index < -0.39 is 0 Å². The molecule has 0 aromatic carbocycles. The van der Waals surface area contributed by atoms with Crippen molar-refractivity contribution in [2.45, 2.75) is 26.4 Å². The zero-order chi connectivity index (χ0) is 7.40. The minimum Gasteiger partial charge on any atom is -0.372 e. The van der Waals surface area contributed by atoms with Gasteiger partial charge in [0.1, 0.15) is 0 Å². The fourth-order valence-corrected chi connectivity index (χ4v) is 0.840. The van der Waals surface area contributed by atoms with Gasteiger partial charge in [0, 0.05) is 6.54 Å². The Hall–Kier alpha value is -0.0800. The average molecular weight is 143 g/mol. The SMILES string of the molecule is CC(C)CCNCC1CO1. The van der Waals surface area contributed by atoms with Crippen molar-refractivity contribution in [3.05, 3.63) is 0 Å². The third kappa shape index (κ3) is 3.85. The number of rotatable bonds is 5. The normalized spacial score (nSPS) is 23.7. The van der Waals surface area contributed by atoms with Crippen LogP contribution in [0.3, 0.4) is 0 Å². The van der Waals surface area contributed by atoms with Crippen LogP contribution < -0.4 is 5.32 Å². The third-order valence-electron chi connectivity index (χ3n) is 1.67. The maximum absolute atomic E-state index is 5.05. The maximum Gasteiger partial charge on any atom is 0.0933 e. The minimum absolute atomic E-state index is 0.534. The minimum atomic E-state index is 0.534. The van der Waals surface area contributed by atoms with Crippen molar-refractivity contribution in [2.24, 2.45) is 5.92 Å². The molecular formula is C8H17NO. The van der Waals surface area contributed by atoms with Gasteiger partial charge in [-0.2, -0.15) is 0 Å². The highest BCUT2D eigenvalue weighted by Crippen LogP contribution is 2.06. The quantitative estimate of drug-likeness (QED) is 0.459. The Kier molecular flexibility index (Phi) is 3.16. The zero-order valence-electron chi connectivity index (χ0n) is 6.89. The molecule has 1 aliphatic rings. The summed E-state index contributed by atoms with van der Waals surface area (Å²) in [6, 6.07) is 0. The van der Waals surface area contributed by atoms with E-state index in [1.807, 2.05) is 0 Å². The summed E-state index contributed by atoms with van der Waals surface area (Å²) < 4.78 is 5.05. The fourth-order valence-electron chi connectivity index (χ4n) is 0.840. The summed E-state index contributed by atoms with van der Waals surface area (Å²) >= 11 is 0. The van der Waals surface area contributed by atoms with Crippen LogP contribution in [0.5, 0.6) is 0 Å². The molecule has 0 aliphatic carbocycles. The number of hydrogen-bond acceptors (Lipinski definition) is 2. The lowest BCUT2D eigenvalue weighted by atomic mass is 10.1. The monoisotopic (exact) mass is 143 g/mol. The molecule has 60 valence electrons. The van der Waals surface area contributed by atoms with E-state index in [2.05, 4.69) is 19.2 Å². The molecule has 0 aromatic heterocycles. The first kappa shape index (κ1) is 8.02. The number of ether oxygens (including phenoxy) is 1. The van der Waals surface area contributed by atoms with Crippen LogP contribution in [0.15, 0.2) is 0 Å². The van der Waals surface area contributed by atoms with Crippen molar-refractivity contribution in [1.82, 2.24) is 5.32 Å². The van der Waals surface area contributed by atoms with E-state index in [4.69, 9.17) is 4.74 Å². The lowest BCUT2D eigenvalue weighted by molar-refractivity contribution is 0.393. The van der Waals surface area contributed by atoms with E-state index in [1.54, 1.807) is 0 Å². The molecular weight excluding hydrogens is 126 g/mol. The molecule has 1 saturated heterocycles. The van der Waals surface area contributed by atoms with Gasteiger partial charge in [-0.25, -0.2) is 0 Å². The number of hydrogen-bond donors (Lipinski definition) is 1. The van der Waals surface area contributed by atoms with Gasteiger partial charge in [-0.15, -0.1) is 0 Å². The standard InChI is InChI=1S/C8H17NO/c1-7(2)3-4-9-5-8-6-10-8/h7-9H,3-6H2,1-2H3. The summed E-state index contributed by atoms with van der Waals surface area (Å²) in [5.74, 6) is 0.813. The second-order valence-corrected chi connectivity index (χ2v) is 3.34. The highest BCUT2D eigenvalue weighted by atomic mass is 16.6. The Labute approximate surface area is 63.0 Å². The van der Waals surface area contributed by atoms with Gasteiger partial charge in [0.2, 0.25) is 0 Å². The summed E-state index contributed by atoms with van der Waals surface area (Å²) in [4.78, 5) is 0. The third-order valence-corrected chi connectivity index (χ3v) is 1.67. The molecule has 1 N–H and O–H groups in total. The van der Waals surface area contributed by atoms with E-state index in [1.165, 1.54) is 6.42 Å². The Bertz CT molecular complexity index is 85.3. The van der Waals surface area contributed by atoms with Crippen LogP contribution in [-0.2, 0) is 4.74 Å². The summed E-state index contributed by atoms with van der Waals surface area (Å²) in [6.07, 6.45) is 1.80. The molecule has 0 radical (unpaired) electrons. The molecule has 2 nitrogen and oxygen atoms in total. The van der Waals surface area contributed by atoms with Crippen LogP contribution in [0.25, 0.3) is 0 Å². The Morgan fingerprint density at radius 3 is 2.80 bits per heavy atom. The van der Waals surface area contributed by atoms with Gasteiger partial charge in [-0.3, -0.25) is 0 Å². The van der Waals surface area contributed by atoms with Crippen LogP contribution in [0.4, 0.5) is 0 Å². The average Bonchev–Trinajstić information content (AvgIpc) is 2.62. The van der Waals surface area contributed by atoms with Gasteiger partial charge in [0.05, 0.1) is 12.7 Å². The summed E-state index contributed by atoms with van der Waals surface area (Å²) in [5.41, 5.74) is 0. The molecule has 1 aliphatic heterocycles. The van der Waals surface area contributed by atoms with Gasteiger partial charge in [-0.05, 0) is 18.9 Å². The molecule has 0 bridgehead atoms. The first-order valence-electron chi connectivity index (χ1n) is 4.11. The zero-order valence-corrected chi connectivity index (χ0v) is 6.89. The Balaban J connectivity index is 1.76. The van der Waals surface area contributed by atoms with Crippen molar-refractivity contribution >= 4 is 0 Å². The molecule has 1 heterocycles. The van der Waals surface area contributed by atoms with Crippen LogP contribution in [-0.4, -0.2) is 25.8 Å². The summed E-state index contributed by atoms with van der Waals surface area (Å²) in [5, 5.41) is 3.35. The predicted octanol–water partition coefficient (Wildman–Crippen LogP) is 1.02. The summed E-state index contributed by atoms with van der Waals surface area (Å²) in [6.45, 7) is 7.64. The second-order valence-electron chi connectivity index (χ2n) is 3.34. The number of epoxide rings is 1. The molecule has 2 heteroatoms. The van der Waals surface area contributed by atoms with Crippen molar-refractivity contribution in [1.29, 1.82) is 0 Å². The number of nitrogens with one attached hydrogen (secondary N) is 1. The molecule has 1 atom stereocenters. The van der Waals surface area contributed by atoms with E-state index in [0.717, 1.165) is 25.6 Å². The smallest absolute Gasteiger partial charge is 0.0933 e. The first-order valence-corrected chi connectivity index (χ1v) is 4.11. The van der Waals surface area contributed by atoms with Gasteiger partial charge in [0.25, 0.3) is 0 Å². The Morgan fingerprint density at radius 2 is 2.30 bits per heavy atom. The van der Waals surface area contributed by atoms with Crippen LogP contribution in [0.1, 0.15) is 20.3 Å². The molecule has 1 unspecified atom stereocenters. The molecule has 0 saturated carbocycles. The van der Waals surface area contributed by atoms with E-state index in [0.29, 0.717) is 6.10 Å². The van der Waals surface area contributed by atoms with E-state index in [-0.39, 0.29) is 0 Å². The maximum atomic E-state index is 5.05. The molecule has 1 rings (SSSR count). The largest absolute Gasteiger partial charge is 0.372 e. The van der Waals surface area contributed by atoms with Crippen molar-refractivity contribution in [3.63, 3.8) is 0 Å². The van der Waals surface area contributed by atoms with Crippen LogP contribution in [0, 0.1) is 5.92 Å². The second kappa shape index (κ2) is 3.94. The lowest BCUT2D eigenvalue weighted by Crippen LogP contribution is -2.21.